The predicted molar refractivity (Wildman–Crippen MR) is 101 cm³/mol. The van der Waals surface area contributed by atoms with Crippen molar-refractivity contribution in [2.75, 3.05) is 20.3 Å². The van der Waals surface area contributed by atoms with Crippen molar-refractivity contribution in [3.05, 3.63) is 53.6 Å². The highest BCUT2D eigenvalue weighted by Crippen LogP contribution is 2.49. The number of ether oxygens (including phenoxy) is 1. The lowest BCUT2D eigenvalue weighted by Crippen LogP contribution is -2.42. The zero-order valence-electron chi connectivity index (χ0n) is 15.4. The Labute approximate surface area is 162 Å². The number of hydrogen-bond acceptors (Lipinski definition) is 7. The van der Waals surface area contributed by atoms with Crippen LogP contribution in [0, 0.1) is 5.92 Å². The number of aliphatic hydroxyl groups excluding tert-OH is 1. The number of carbonyl (C=O) groups is 1. The highest BCUT2D eigenvalue weighted by atomic mass is 16.5. The van der Waals surface area contributed by atoms with Gasteiger partial charge in [-0.25, -0.2) is 10.9 Å². The molecule has 2 fully saturated rings. The zero-order valence-corrected chi connectivity index (χ0v) is 15.4. The van der Waals surface area contributed by atoms with Gasteiger partial charge in [0.05, 0.1) is 25.8 Å². The third-order valence-electron chi connectivity index (χ3n) is 5.57. The fourth-order valence-corrected chi connectivity index (χ4v) is 4.35. The highest BCUT2D eigenvalue weighted by Gasteiger charge is 2.55. The fraction of sp³-hybridized carbons (Fsp3) is 0.350. The Morgan fingerprint density at radius 2 is 1.82 bits per heavy atom. The summed E-state index contributed by atoms with van der Waals surface area (Å²) in [5.41, 5.74) is 7.68. The Morgan fingerprint density at radius 1 is 1.07 bits per heavy atom. The molecule has 2 heterocycles. The van der Waals surface area contributed by atoms with E-state index in [2.05, 4.69) is 10.9 Å². The summed E-state index contributed by atoms with van der Waals surface area (Å²) in [6.45, 7) is 0.0282. The number of hydrogen-bond donors (Lipinski definition) is 5. The van der Waals surface area contributed by atoms with Crippen molar-refractivity contribution in [1.82, 2.24) is 15.8 Å². The monoisotopic (exact) mass is 385 g/mol. The largest absolute Gasteiger partial charge is 0.508 e. The van der Waals surface area contributed by atoms with E-state index in [1.54, 1.807) is 29.2 Å². The molecule has 1 amide bonds. The van der Waals surface area contributed by atoms with E-state index in [1.165, 1.54) is 13.2 Å². The zero-order chi connectivity index (χ0) is 19.8. The third kappa shape index (κ3) is 2.86. The molecule has 0 radical (unpaired) electrons. The minimum atomic E-state index is -0.499. The molecule has 148 valence electrons. The number of carbonyl (C=O) groups excluding carboxylic acids is 1. The van der Waals surface area contributed by atoms with Gasteiger partial charge in [-0.15, -0.1) is 0 Å². The van der Waals surface area contributed by atoms with Crippen LogP contribution in [0.1, 0.15) is 23.2 Å². The summed E-state index contributed by atoms with van der Waals surface area (Å²) in [7, 11) is 1.47. The summed E-state index contributed by atoms with van der Waals surface area (Å²) in [5, 5.41) is 29.8. The first kappa shape index (κ1) is 18.5. The van der Waals surface area contributed by atoms with Gasteiger partial charge < -0.3 is 25.0 Å². The molecule has 4 rings (SSSR count). The lowest BCUT2D eigenvalue weighted by molar-refractivity contribution is -0.131. The summed E-state index contributed by atoms with van der Waals surface area (Å²) >= 11 is 0. The normalized spacial score (nSPS) is 26.5. The van der Waals surface area contributed by atoms with E-state index in [-0.39, 0.29) is 48.6 Å². The van der Waals surface area contributed by atoms with Crippen molar-refractivity contribution in [1.29, 1.82) is 0 Å². The number of phenols is 2. The second-order valence-corrected chi connectivity index (χ2v) is 7.01. The summed E-state index contributed by atoms with van der Waals surface area (Å²) < 4.78 is 5.24. The van der Waals surface area contributed by atoms with E-state index in [9.17, 15) is 20.1 Å². The number of amides is 1. The molecular formula is C20H23N3O5. The van der Waals surface area contributed by atoms with Gasteiger partial charge in [-0.3, -0.25) is 4.79 Å². The van der Waals surface area contributed by atoms with Gasteiger partial charge in [0.15, 0.2) is 11.5 Å². The van der Waals surface area contributed by atoms with Crippen molar-refractivity contribution < 1.29 is 24.9 Å². The molecule has 0 bridgehead atoms. The number of aliphatic hydroxyl groups is 1. The van der Waals surface area contributed by atoms with Crippen LogP contribution in [0.25, 0.3) is 0 Å². The van der Waals surface area contributed by atoms with Crippen molar-refractivity contribution >= 4 is 5.91 Å². The molecule has 4 atom stereocenters. The van der Waals surface area contributed by atoms with E-state index in [0.717, 1.165) is 5.56 Å². The van der Waals surface area contributed by atoms with Crippen LogP contribution in [0.3, 0.4) is 0 Å². The van der Waals surface area contributed by atoms with Crippen molar-refractivity contribution in [3.8, 4) is 17.2 Å². The molecule has 0 spiro atoms. The van der Waals surface area contributed by atoms with Crippen LogP contribution >= 0.6 is 0 Å². The quantitative estimate of drug-likeness (QED) is 0.518. The second kappa shape index (κ2) is 7.31. The number of fused-ring (bicyclic) bond motifs is 1. The molecule has 0 aromatic heterocycles. The van der Waals surface area contributed by atoms with E-state index in [4.69, 9.17) is 4.74 Å². The molecule has 0 saturated carbocycles. The number of rotatable bonds is 5. The van der Waals surface area contributed by atoms with Gasteiger partial charge >= 0.3 is 0 Å². The molecule has 2 aromatic rings. The maximum absolute atomic E-state index is 13.0. The molecule has 2 aliphatic heterocycles. The lowest BCUT2D eigenvalue weighted by atomic mass is 9.83. The topological polar surface area (TPSA) is 114 Å². The minimum Gasteiger partial charge on any atom is -0.508 e. The number of hydrazine groups is 1. The number of β-amino-alcohol motifs (C(OH)–C–C–N with tert-alkyl or cyclic N) is 1. The van der Waals surface area contributed by atoms with Crippen LogP contribution in [-0.2, 0) is 4.79 Å². The van der Waals surface area contributed by atoms with Crippen molar-refractivity contribution in [2.24, 2.45) is 5.92 Å². The number of para-hydroxylation sites is 1. The average Bonchev–Trinajstić information content (AvgIpc) is 3.23. The predicted octanol–water partition coefficient (Wildman–Crippen LogP) is 0.816. The number of methoxy groups -OCH3 is 1. The summed E-state index contributed by atoms with van der Waals surface area (Å²) in [6.07, 6.45) is 0. The number of nitrogens with zero attached hydrogens (tertiary/aromatic N) is 1. The summed E-state index contributed by atoms with van der Waals surface area (Å²) in [4.78, 5) is 14.7. The summed E-state index contributed by atoms with van der Waals surface area (Å²) in [6, 6.07) is 10.8. The molecule has 5 N–H and O–H groups in total. The molecule has 8 heteroatoms. The maximum atomic E-state index is 13.0. The standard InChI is InChI=1S/C20H23N3O5/c1-28-15-10-11(6-7-14(15)26)19-16-17(12-4-2-3-5-13(12)25)21-22-18(16)20(27)23(19)8-9-24/h2-7,10,16-19,21-22,24-26H,8-9H2,1H3. The Balaban J connectivity index is 1.80. The molecular weight excluding hydrogens is 362 g/mol. The van der Waals surface area contributed by atoms with Gasteiger partial charge in [0.25, 0.3) is 0 Å². The SMILES string of the molecule is COc1cc(C2C3C(NNC3c3ccccc3O)C(=O)N2CCO)ccc1O. The van der Waals surface area contributed by atoms with Gasteiger partial charge in [0.2, 0.25) is 5.91 Å². The van der Waals surface area contributed by atoms with Crippen LogP contribution in [0.5, 0.6) is 17.2 Å². The van der Waals surface area contributed by atoms with Gasteiger partial charge in [0, 0.05) is 18.0 Å². The first-order valence-electron chi connectivity index (χ1n) is 9.14. The molecule has 4 unspecified atom stereocenters. The Bertz CT molecular complexity index is 890. The number of benzene rings is 2. The van der Waals surface area contributed by atoms with Crippen LogP contribution in [0.4, 0.5) is 0 Å². The van der Waals surface area contributed by atoms with Crippen molar-refractivity contribution in [3.63, 3.8) is 0 Å². The van der Waals surface area contributed by atoms with Crippen LogP contribution < -0.4 is 15.6 Å². The van der Waals surface area contributed by atoms with E-state index in [0.29, 0.717) is 11.3 Å². The Kier molecular flexibility index (Phi) is 4.84. The minimum absolute atomic E-state index is 0.0146. The first-order valence-corrected chi connectivity index (χ1v) is 9.14. The average molecular weight is 385 g/mol. The van der Waals surface area contributed by atoms with Crippen LogP contribution in [0.15, 0.2) is 42.5 Å². The van der Waals surface area contributed by atoms with Gasteiger partial charge in [-0.2, -0.15) is 0 Å². The van der Waals surface area contributed by atoms with Crippen molar-refractivity contribution in [2.45, 2.75) is 18.1 Å². The van der Waals surface area contributed by atoms with E-state index < -0.39 is 6.04 Å². The Morgan fingerprint density at radius 3 is 2.54 bits per heavy atom. The lowest BCUT2D eigenvalue weighted by Gasteiger charge is -2.31. The van der Waals surface area contributed by atoms with E-state index >= 15 is 0 Å². The maximum Gasteiger partial charge on any atom is 0.242 e. The molecule has 2 saturated heterocycles. The number of aromatic hydroxyl groups is 2. The molecule has 2 aromatic carbocycles. The Hall–Kier alpha value is -2.81. The number of phenolic OH excluding ortho intramolecular Hbond substituents is 2. The second-order valence-electron chi connectivity index (χ2n) is 7.01. The smallest absolute Gasteiger partial charge is 0.242 e. The fourth-order valence-electron chi connectivity index (χ4n) is 4.35. The number of nitrogens with one attached hydrogen (secondary N) is 2. The molecule has 28 heavy (non-hydrogen) atoms. The number of likely N-dealkylation sites (tertiary alicyclic amines) is 1. The summed E-state index contributed by atoms with van der Waals surface area (Å²) in [5.74, 6) is 0.122. The molecule has 0 aliphatic carbocycles. The highest BCUT2D eigenvalue weighted by molar-refractivity contribution is 5.86. The van der Waals surface area contributed by atoms with Gasteiger partial charge in [-0.05, 0) is 23.8 Å². The van der Waals surface area contributed by atoms with Crippen LogP contribution in [-0.4, -0.2) is 52.4 Å². The van der Waals surface area contributed by atoms with Gasteiger partial charge in [0.1, 0.15) is 11.8 Å². The molecule has 8 nitrogen and oxygen atoms in total. The van der Waals surface area contributed by atoms with E-state index in [1.807, 2.05) is 12.1 Å². The van der Waals surface area contributed by atoms with Crippen LogP contribution in [0.2, 0.25) is 0 Å². The first-order chi connectivity index (χ1) is 13.6. The van der Waals surface area contributed by atoms with Gasteiger partial charge in [-0.1, -0.05) is 24.3 Å². The molecule has 2 aliphatic rings. The third-order valence-corrected chi connectivity index (χ3v) is 5.57.